The molecule has 0 unspecified atom stereocenters. The van der Waals surface area contributed by atoms with Crippen LogP contribution in [-0.4, -0.2) is 26.3 Å². The lowest BCUT2D eigenvalue weighted by Crippen LogP contribution is -2.21. The number of rotatable bonds is 6. The van der Waals surface area contributed by atoms with E-state index in [2.05, 4.69) is 5.32 Å². The second-order valence-corrected chi connectivity index (χ2v) is 3.39. The van der Waals surface area contributed by atoms with Crippen LogP contribution in [0, 0.1) is 11.4 Å². The van der Waals surface area contributed by atoms with Crippen LogP contribution >= 0.6 is 12.2 Å². The summed E-state index contributed by atoms with van der Waals surface area (Å²) in [5.41, 5.74) is 6.74. The Morgan fingerprint density at radius 1 is 1.50 bits per heavy atom. The van der Waals surface area contributed by atoms with Gasteiger partial charge in [-0.1, -0.05) is 12.2 Å². The van der Waals surface area contributed by atoms with Crippen molar-refractivity contribution in [1.29, 1.82) is 0 Å². The van der Waals surface area contributed by atoms with Crippen LogP contribution in [0.25, 0.3) is 0 Å². The third kappa shape index (κ3) is 2.37. The number of hydrogen-bond acceptors (Lipinski definition) is 5. The van der Waals surface area contributed by atoms with Gasteiger partial charge < -0.3 is 15.8 Å². The van der Waals surface area contributed by atoms with Crippen LogP contribution in [-0.2, 0) is 4.74 Å². The van der Waals surface area contributed by atoms with E-state index in [-0.39, 0.29) is 5.43 Å². The van der Waals surface area contributed by atoms with Crippen LogP contribution in [0.5, 0.6) is 0 Å². The minimum absolute atomic E-state index is 0.0228. The Labute approximate surface area is 87.8 Å². The predicted molar refractivity (Wildman–Crippen MR) is 59.0 cm³/mol. The Morgan fingerprint density at radius 3 is 2.79 bits per heavy atom. The molecule has 0 saturated carbocycles. The molecule has 14 heavy (non-hydrogen) atoms. The molecule has 5 heteroatoms. The summed E-state index contributed by atoms with van der Waals surface area (Å²) < 4.78 is 5.56. The first-order valence-corrected chi connectivity index (χ1v) is 4.91. The SMILES string of the molecule is Cc1c(NCCOCCN)c(=S)c1=O. The standard InChI is InChI=1S/C9H14N2O2S/c1-6-7(9(14)8(6)12)11-3-5-13-4-2-10/h11H,2-5,10H2,1H3. The van der Waals surface area contributed by atoms with Crippen molar-refractivity contribution in [2.45, 2.75) is 6.92 Å². The van der Waals surface area contributed by atoms with Gasteiger partial charge in [-0.25, -0.2) is 0 Å². The zero-order valence-corrected chi connectivity index (χ0v) is 8.95. The second kappa shape index (κ2) is 5.19. The van der Waals surface area contributed by atoms with E-state index in [1.807, 2.05) is 0 Å². The van der Waals surface area contributed by atoms with Gasteiger partial charge in [0.1, 0.15) is 4.51 Å². The van der Waals surface area contributed by atoms with E-state index >= 15 is 0 Å². The van der Waals surface area contributed by atoms with Gasteiger partial charge in [-0.05, 0) is 6.92 Å². The van der Waals surface area contributed by atoms with E-state index in [0.29, 0.717) is 36.4 Å². The van der Waals surface area contributed by atoms with Crippen molar-refractivity contribution in [2.75, 3.05) is 31.6 Å². The number of ether oxygens (including phenoxy) is 1. The van der Waals surface area contributed by atoms with Gasteiger partial charge in [0.05, 0.1) is 18.9 Å². The van der Waals surface area contributed by atoms with Gasteiger partial charge in [-0.3, -0.25) is 4.79 Å². The minimum atomic E-state index is -0.0228. The summed E-state index contributed by atoms with van der Waals surface area (Å²) in [6.45, 7) is 4.08. The third-order valence-corrected chi connectivity index (χ3v) is 2.35. The predicted octanol–water partition coefficient (Wildman–Crippen LogP) is 0.348. The average Bonchev–Trinajstić information content (AvgIpc) is 2.22. The maximum Gasteiger partial charge on any atom is 0.203 e. The maximum atomic E-state index is 11.0. The van der Waals surface area contributed by atoms with Gasteiger partial charge >= 0.3 is 0 Å². The summed E-state index contributed by atoms with van der Waals surface area (Å²) in [7, 11) is 0. The Balaban J connectivity index is 2.27. The van der Waals surface area contributed by atoms with Crippen LogP contribution in [0.15, 0.2) is 4.79 Å². The third-order valence-electron chi connectivity index (χ3n) is 1.96. The lowest BCUT2D eigenvalue weighted by Gasteiger charge is -2.11. The molecule has 0 spiro atoms. The first kappa shape index (κ1) is 11.3. The van der Waals surface area contributed by atoms with Crippen molar-refractivity contribution in [3.05, 3.63) is 20.3 Å². The fourth-order valence-corrected chi connectivity index (χ4v) is 1.53. The van der Waals surface area contributed by atoms with E-state index in [9.17, 15) is 4.79 Å². The summed E-state index contributed by atoms with van der Waals surface area (Å²) in [5.74, 6) is 0. The molecule has 0 saturated heterocycles. The first-order chi connectivity index (χ1) is 6.68. The molecular formula is C9H14N2O2S. The zero-order chi connectivity index (χ0) is 10.6. The van der Waals surface area contributed by atoms with E-state index in [1.54, 1.807) is 6.92 Å². The maximum absolute atomic E-state index is 11.0. The molecule has 4 nitrogen and oxygen atoms in total. The molecule has 0 radical (unpaired) electrons. The monoisotopic (exact) mass is 214 g/mol. The molecule has 0 heterocycles. The van der Waals surface area contributed by atoms with Crippen molar-refractivity contribution < 1.29 is 4.74 Å². The first-order valence-electron chi connectivity index (χ1n) is 4.50. The molecule has 0 fully saturated rings. The second-order valence-electron chi connectivity index (χ2n) is 2.99. The van der Waals surface area contributed by atoms with Crippen molar-refractivity contribution in [3.8, 4) is 0 Å². The van der Waals surface area contributed by atoms with Crippen LogP contribution in [0.1, 0.15) is 5.56 Å². The quantitative estimate of drug-likeness (QED) is 0.528. The molecule has 78 valence electrons. The Morgan fingerprint density at radius 2 is 2.21 bits per heavy atom. The molecule has 0 aliphatic heterocycles. The molecular weight excluding hydrogens is 200 g/mol. The number of nitrogens with two attached hydrogens (primary N) is 1. The molecule has 0 aliphatic rings. The van der Waals surface area contributed by atoms with Crippen LogP contribution in [0.4, 0.5) is 5.69 Å². The van der Waals surface area contributed by atoms with Gasteiger partial charge in [0.25, 0.3) is 0 Å². The fraction of sp³-hybridized carbons (Fsp3) is 0.556. The molecule has 0 bridgehead atoms. The molecule has 0 aliphatic carbocycles. The summed E-state index contributed by atoms with van der Waals surface area (Å²) in [4.78, 5) is 11.0. The van der Waals surface area contributed by atoms with Crippen molar-refractivity contribution >= 4 is 17.9 Å². The normalized spacial score (nSPS) is 10.7. The molecule has 3 N–H and O–H groups in total. The van der Waals surface area contributed by atoms with Gasteiger partial charge in [-0.2, -0.15) is 0 Å². The van der Waals surface area contributed by atoms with Gasteiger partial charge in [0.2, 0.25) is 5.43 Å². The molecule has 0 atom stereocenters. The van der Waals surface area contributed by atoms with E-state index in [4.69, 9.17) is 22.7 Å². The Bertz CT molecular complexity index is 369. The van der Waals surface area contributed by atoms with Crippen molar-refractivity contribution in [3.63, 3.8) is 0 Å². The summed E-state index contributed by atoms with van der Waals surface area (Å²) in [5, 5.41) is 3.06. The highest BCUT2D eigenvalue weighted by atomic mass is 32.1. The lowest BCUT2D eigenvalue weighted by molar-refractivity contribution is 0.151. The topological polar surface area (TPSA) is 64.3 Å². The van der Waals surface area contributed by atoms with Crippen LogP contribution < -0.4 is 16.5 Å². The highest BCUT2D eigenvalue weighted by Gasteiger charge is 2.11. The average molecular weight is 214 g/mol. The van der Waals surface area contributed by atoms with Crippen LogP contribution in [0.2, 0.25) is 0 Å². The smallest absolute Gasteiger partial charge is 0.203 e. The van der Waals surface area contributed by atoms with E-state index in [1.165, 1.54) is 0 Å². The molecule has 1 rings (SSSR count). The van der Waals surface area contributed by atoms with Crippen LogP contribution in [0.3, 0.4) is 0 Å². The van der Waals surface area contributed by atoms with Crippen molar-refractivity contribution in [2.24, 2.45) is 5.73 Å². The highest BCUT2D eigenvalue weighted by molar-refractivity contribution is 7.71. The minimum Gasteiger partial charge on any atom is -0.381 e. The van der Waals surface area contributed by atoms with Crippen molar-refractivity contribution in [1.82, 2.24) is 0 Å². The van der Waals surface area contributed by atoms with Gasteiger partial charge in [-0.15, -0.1) is 0 Å². The molecule has 0 amide bonds. The number of hydrogen-bond donors (Lipinski definition) is 2. The zero-order valence-electron chi connectivity index (χ0n) is 8.13. The van der Waals surface area contributed by atoms with E-state index < -0.39 is 0 Å². The Hall–Kier alpha value is -0.780. The number of nitrogens with one attached hydrogen (secondary N) is 1. The molecule has 0 aromatic heterocycles. The van der Waals surface area contributed by atoms with Gasteiger partial charge in [0, 0.05) is 18.7 Å². The number of anilines is 1. The molecule has 1 aromatic rings. The van der Waals surface area contributed by atoms with Gasteiger partial charge in [0.15, 0.2) is 0 Å². The summed E-state index contributed by atoms with van der Waals surface area (Å²) in [6.07, 6.45) is 0. The largest absolute Gasteiger partial charge is 0.381 e. The van der Waals surface area contributed by atoms with E-state index in [0.717, 1.165) is 5.69 Å². The summed E-state index contributed by atoms with van der Waals surface area (Å²) >= 11 is 4.87. The summed E-state index contributed by atoms with van der Waals surface area (Å²) in [6, 6.07) is 0. The fourth-order valence-electron chi connectivity index (χ4n) is 1.15. The molecule has 1 aromatic carbocycles. The highest BCUT2D eigenvalue weighted by Crippen LogP contribution is 2.14. The Kier molecular flexibility index (Phi) is 4.19. The lowest BCUT2D eigenvalue weighted by atomic mass is 10.1.